The first-order valence-corrected chi connectivity index (χ1v) is 3.63. The Morgan fingerprint density at radius 1 is 1.23 bits per heavy atom. The zero-order valence-electron chi connectivity index (χ0n) is 6.62. The molecule has 0 unspecified atom stereocenters. The van der Waals surface area contributed by atoms with E-state index in [1.165, 1.54) is 18.2 Å². The molecule has 0 radical (unpaired) electrons. The molecule has 1 aliphatic heterocycles. The Labute approximate surface area is 72.9 Å². The summed E-state index contributed by atoms with van der Waals surface area (Å²) < 4.78 is 12.7. The van der Waals surface area contributed by atoms with E-state index in [1.54, 1.807) is 0 Å². The van der Waals surface area contributed by atoms with Gasteiger partial charge in [0, 0.05) is 6.07 Å². The SMILES string of the molecule is C=C1N=c2cc(F)ccc2=NC1=O. The van der Waals surface area contributed by atoms with Crippen LogP contribution >= 0.6 is 0 Å². The van der Waals surface area contributed by atoms with Crippen LogP contribution in [0.15, 0.2) is 40.5 Å². The molecule has 0 bridgehead atoms. The number of fused-ring (bicyclic) bond motifs is 1. The zero-order valence-corrected chi connectivity index (χ0v) is 6.62. The Morgan fingerprint density at radius 3 is 2.77 bits per heavy atom. The van der Waals surface area contributed by atoms with Crippen molar-refractivity contribution < 1.29 is 9.18 Å². The molecule has 1 aliphatic rings. The summed E-state index contributed by atoms with van der Waals surface area (Å²) in [6.45, 7) is 3.39. The molecule has 0 saturated heterocycles. The van der Waals surface area contributed by atoms with Crippen molar-refractivity contribution in [2.24, 2.45) is 9.98 Å². The first-order chi connectivity index (χ1) is 6.16. The van der Waals surface area contributed by atoms with Gasteiger partial charge in [0.2, 0.25) is 0 Å². The third-order valence-corrected chi connectivity index (χ3v) is 1.66. The van der Waals surface area contributed by atoms with Crippen molar-refractivity contribution in [3.63, 3.8) is 0 Å². The summed E-state index contributed by atoms with van der Waals surface area (Å²) in [5.74, 6) is -0.876. The molecule has 4 heteroatoms. The molecular weight excluding hydrogens is 171 g/mol. The van der Waals surface area contributed by atoms with Crippen LogP contribution in [0.3, 0.4) is 0 Å². The fourth-order valence-electron chi connectivity index (χ4n) is 1.05. The van der Waals surface area contributed by atoms with Crippen LogP contribution in [-0.4, -0.2) is 5.91 Å². The van der Waals surface area contributed by atoms with Gasteiger partial charge in [0.15, 0.2) is 0 Å². The van der Waals surface area contributed by atoms with Crippen molar-refractivity contribution in [2.75, 3.05) is 0 Å². The van der Waals surface area contributed by atoms with Crippen LogP contribution in [0.2, 0.25) is 0 Å². The van der Waals surface area contributed by atoms with Crippen molar-refractivity contribution in [3.8, 4) is 0 Å². The van der Waals surface area contributed by atoms with Crippen LogP contribution in [0.25, 0.3) is 0 Å². The second kappa shape index (κ2) is 2.58. The molecule has 0 aromatic heterocycles. The Morgan fingerprint density at radius 2 is 2.00 bits per heavy atom. The van der Waals surface area contributed by atoms with Crippen LogP contribution in [0.1, 0.15) is 0 Å². The van der Waals surface area contributed by atoms with Gasteiger partial charge in [-0.3, -0.25) is 4.79 Å². The summed E-state index contributed by atoms with van der Waals surface area (Å²) in [5, 5.41) is 0.739. The second-order valence-corrected chi connectivity index (χ2v) is 2.61. The van der Waals surface area contributed by atoms with Gasteiger partial charge in [0.05, 0.1) is 10.7 Å². The third-order valence-electron chi connectivity index (χ3n) is 1.66. The maximum absolute atomic E-state index is 12.7. The highest BCUT2D eigenvalue weighted by atomic mass is 19.1. The maximum atomic E-state index is 12.7. The highest BCUT2D eigenvalue weighted by Crippen LogP contribution is 1.97. The first-order valence-electron chi connectivity index (χ1n) is 3.63. The van der Waals surface area contributed by atoms with Crippen LogP contribution in [0.5, 0.6) is 0 Å². The number of carbonyl (C=O) groups excluding carboxylic acids is 1. The smallest absolute Gasteiger partial charge is 0.265 e. The number of benzene rings is 1. The molecule has 0 spiro atoms. The van der Waals surface area contributed by atoms with E-state index in [0.717, 1.165) is 0 Å². The van der Waals surface area contributed by atoms with E-state index in [9.17, 15) is 9.18 Å². The Hall–Kier alpha value is -1.84. The molecule has 1 aromatic carbocycles. The number of halogens is 1. The normalized spacial score (nSPS) is 14.5. The van der Waals surface area contributed by atoms with Crippen LogP contribution in [0, 0.1) is 5.82 Å². The molecule has 3 nitrogen and oxygen atoms in total. The summed E-state index contributed by atoms with van der Waals surface area (Å²) in [6.07, 6.45) is 0. The van der Waals surface area contributed by atoms with Gasteiger partial charge >= 0.3 is 0 Å². The van der Waals surface area contributed by atoms with E-state index in [1.807, 2.05) is 0 Å². The molecule has 0 saturated carbocycles. The number of hydrogen-bond acceptors (Lipinski definition) is 2. The van der Waals surface area contributed by atoms with Gasteiger partial charge in [-0.05, 0) is 12.1 Å². The second-order valence-electron chi connectivity index (χ2n) is 2.61. The van der Waals surface area contributed by atoms with E-state index < -0.39 is 11.7 Å². The average molecular weight is 176 g/mol. The van der Waals surface area contributed by atoms with Gasteiger partial charge in [0.1, 0.15) is 11.5 Å². The summed E-state index contributed by atoms with van der Waals surface area (Å²) in [7, 11) is 0. The molecule has 0 fully saturated rings. The molecule has 0 aliphatic carbocycles. The van der Waals surface area contributed by atoms with E-state index in [2.05, 4.69) is 16.6 Å². The van der Waals surface area contributed by atoms with Gasteiger partial charge in [-0.2, -0.15) is 0 Å². The predicted octanol–water partition coefficient (Wildman–Crippen LogP) is 0.119. The lowest BCUT2D eigenvalue weighted by atomic mass is 10.3. The number of hydrogen-bond donors (Lipinski definition) is 0. The average Bonchev–Trinajstić information content (AvgIpc) is 2.08. The summed E-state index contributed by atoms with van der Waals surface area (Å²) >= 11 is 0. The lowest BCUT2D eigenvalue weighted by Gasteiger charge is -1.99. The Balaban J connectivity index is 2.85. The molecule has 1 heterocycles. The molecule has 1 aromatic rings. The fourth-order valence-corrected chi connectivity index (χ4v) is 1.05. The monoisotopic (exact) mass is 176 g/mol. The third kappa shape index (κ3) is 1.26. The molecule has 0 atom stereocenters. The van der Waals surface area contributed by atoms with Crippen LogP contribution in [-0.2, 0) is 4.79 Å². The van der Waals surface area contributed by atoms with Crippen LogP contribution in [0.4, 0.5) is 4.39 Å². The van der Waals surface area contributed by atoms with Gasteiger partial charge < -0.3 is 0 Å². The quantitative estimate of drug-likeness (QED) is 0.517. The Bertz CT molecular complexity index is 519. The maximum Gasteiger partial charge on any atom is 0.295 e. The summed E-state index contributed by atoms with van der Waals surface area (Å²) in [4.78, 5) is 18.5. The van der Waals surface area contributed by atoms with Crippen molar-refractivity contribution in [1.29, 1.82) is 0 Å². The summed E-state index contributed by atoms with van der Waals surface area (Å²) in [6, 6.07) is 3.87. The van der Waals surface area contributed by atoms with E-state index in [0.29, 0.717) is 10.7 Å². The minimum atomic E-state index is -0.473. The molecule has 64 valence electrons. The van der Waals surface area contributed by atoms with E-state index in [4.69, 9.17) is 0 Å². The fraction of sp³-hybridized carbons (Fsp3) is 0. The Kier molecular flexibility index (Phi) is 1.55. The van der Waals surface area contributed by atoms with Gasteiger partial charge in [-0.25, -0.2) is 14.4 Å². The van der Waals surface area contributed by atoms with Gasteiger partial charge in [-0.1, -0.05) is 6.58 Å². The number of rotatable bonds is 0. The molecule has 0 N–H and O–H groups in total. The molecular formula is C9H5FN2O. The van der Waals surface area contributed by atoms with E-state index in [-0.39, 0.29) is 5.70 Å². The number of nitrogens with zero attached hydrogens (tertiary/aromatic N) is 2. The number of carbonyl (C=O) groups is 1. The van der Waals surface area contributed by atoms with Crippen molar-refractivity contribution in [1.82, 2.24) is 0 Å². The lowest BCUT2D eigenvalue weighted by molar-refractivity contribution is -0.114. The van der Waals surface area contributed by atoms with Crippen LogP contribution < -0.4 is 10.7 Å². The lowest BCUT2D eigenvalue weighted by Crippen LogP contribution is -2.31. The van der Waals surface area contributed by atoms with Crippen molar-refractivity contribution in [2.45, 2.75) is 0 Å². The van der Waals surface area contributed by atoms with E-state index >= 15 is 0 Å². The zero-order chi connectivity index (χ0) is 9.42. The predicted molar refractivity (Wildman–Crippen MR) is 42.9 cm³/mol. The van der Waals surface area contributed by atoms with Gasteiger partial charge in [0.25, 0.3) is 5.91 Å². The highest BCUT2D eigenvalue weighted by molar-refractivity contribution is 5.93. The van der Waals surface area contributed by atoms with Crippen molar-refractivity contribution >= 4 is 5.91 Å². The minimum Gasteiger partial charge on any atom is -0.265 e. The minimum absolute atomic E-state index is 0.0399. The highest BCUT2D eigenvalue weighted by Gasteiger charge is 2.08. The molecule has 13 heavy (non-hydrogen) atoms. The number of amides is 1. The largest absolute Gasteiger partial charge is 0.295 e. The molecule has 1 amide bonds. The standard InChI is InChI=1S/C9H5FN2O/c1-5-9(13)12-7-3-2-6(10)4-8(7)11-5/h2-4H,1H2. The summed E-state index contributed by atoms with van der Waals surface area (Å²) in [5.41, 5.74) is 0.0399. The van der Waals surface area contributed by atoms with Crippen molar-refractivity contribution in [3.05, 3.63) is 47.0 Å². The van der Waals surface area contributed by atoms with Gasteiger partial charge in [-0.15, -0.1) is 0 Å². The first kappa shape index (κ1) is 7.79. The topological polar surface area (TPSA) is 41.8 Å². The molecule has 2 rings (SSSR count).